The average molecular weight is 286 g/mol. The Hall–Kier alpha value is -1.43. The number of hydrogen-bond acceptors (Lipinski definition) is 4. The maximum Gasteiger partial charge on any atom is 0.220 e. The molecule has 0 aliphatic heterocycles. The summed E-state index contributed by atoms with van der Waals surface area (Å²) < 4.78 is 5.38. The molecule has 0 heterocycles. The summed E-state index contributed by atoms with van der Waals surface area (Å²) in [5.41, 5.74) is 0. The van der Waals surface area contributed by atoms with E-state index in [0.29, 0.717) is 52.0 Å². The summed E-state index contributed by atoms with van der Waals surface area (Å²) >= 11 is 0. The van der Waals surface area contributed by atoms with Crippen molar-refractivity contribution < 1.29 is 19.1 Å². The summed E-state index contributed by atoms with van der Waals surface area (Å²) in [7, 11) is 0. The highest BCUT2D eigenvalue weighted by atomic mass is 16.5. The summed E-state index contributed by atoms with van der Waals surface area (Å²) in [6.07, 6.45) is 4.33. The Morgan fingerprint density at radius 1 is 1.00 bits per heavy atom. The van der Waals surface area contributed by atoms with Gasteiger partial charge in [-0.15, -0.1) is 0 Å². The van der Waals surface area contributed by atoms with E-state index in [1.54, 1.807) is 0 Å². The zero-order valence-corrected chi connectivity index (χ0v) is 12.3. The van der Waals surface area contributed by atoms with Gasteiger partial charge in [0, 0.05) is 45.6 Å². The molecule has 0 aromatic rings. The number of hydrogen-bond donors (Lipinski definition) is 2. The van der Waals surface area contributed by atoms with E-state index >= 15 is 0 Å². The molecule has 0 aliphatic rings. The first kappa shape index (κ1) is 18.6. The summed E-state index contributed by atoms with van der Waals surface area (Å²) in [4.78, 5) is 32.3. The SMILES string of the molecule is CCC(=O)NCCCOCCCNC(=O)CCCC=O. The monoisotopic (exact) mass is 286 g/mol. The van der Waals surface area contributed by atoms with Gasteiger partial charge in [0.2, 0.25) is 11.8 Å². The molecule has 0 rings (SSSR count). The van der Waals surface area contributed by atoms with Crippen LogP contribution in [0.15, 0.2) is 0 Å². The van der Waals surface area contributed by atoms with E-state index in [-0.39, 0.29) is 11.8 Å². The van der Waals surface area contributed by atoms with Gasteiger partial charge >= 0.3 is 0 Å². The number of ether oxygens (including phenoxy) is 1. The van der Waals surface area contributed by atoms with Gasteiger partial charge in [0.1, 0.15) is 6.29 Å². The fourth-order valence-electron chi connectivity index (χ4n) is 1.47. The van der Waals surface area contributed by atoms with Crippen molar-refractivity contribution in [1.82, 2.24) is 10.6 Å². The van der Waals surface area contributed by atoms with E-state index in [0.717, 1.165) is 19.1 Å². The van der Waals surface area contributed by atoms with Crippen LogP contribution in [-0.2, 0) is 19.1 Å². The van der Waals surface area contributed by atoms with Crippen LogP contribution in [0, 0.1) is 0 Å². The third-order valence-corrected chi connectivity index (χ3v) is 2.62. The minimum absolute atomic E-state index is 0.0193. The quantitative estimate of drug-likeness (QED) is 0.387. The number of carbonyl (C=O) groups is 3. The summed E-state index contributed by atoms with van der Waals surface area (Å²) in [6, 6.07) is 0. The normalized spacial score (nSPS) is 10.1. The lowest BCUT2D eigenvalue weighted by Gasteiger charge is -2.06. The summed E-state index contributed by atoms with van der Waals surface area (Å²) in [6.45, 7) is 4.25. The van der Waals surface area contributed by atoms with Crippen LogP contribution in [-0.4, -0.2) is 44.4 Å². The third-order valence-electron chi connectivity index (χ3n) is 2.62. The van der Waals surface area contributed by atoms with Gasteiger partial charge in [-0.05, 0) is 19.3 Å². The molecule has 0 spiro atoms. The lowest BCUT2D eigenvalue weighted by Crippen LogP contribution is -2.25. The molecule has 2 N–H and O–H groups in total. The van der Waals surface area contributed by atoms with E-state index < -0.39 is 0 Å². The van der Waals surface area contributed by atoms with Crippen molar-refractivity contribution in [2.24, 2.45) is 0 Å². The average Bonchev–Trinajstić information content (AvgIpc) is 2.45. The molecule has 0 radical (unpaired) electrons. The van der Waals surface area contributed by atoms with Gasteiger partial charge in [0.15, 0.2) is 0 Å². The highest BCUT2D eigenvalue weighted by molar-refractivity contribution is 5.76. The molecule has 116 valence electrons. The molecule has 0 aliphatic carbocycles. The molecule has 20 heavy (non-hydrogen) atoms. The van der Waals surface area contributed by atoms with Gasteiger partial charge in [-0.1, -0.05) is 6.92 Å². The van der Waals surface area contributed by atoms with Crippen LogP contribution in [0.1, 0.15) is 45.4 Å². The minimum atomic E-state index is -0.0193. The van der Waals surface area contributed by atoms with Crippen LogP contribution in [0.4, 0.5) is 0 Å². The number of carbonyl (C=O) groups excluding carboxylic acids is 3. The Balaban J connectivity index is 3.18. The van der Waals surface area contributed by atoms with Gasteiger partial charge < -0.3 is 20.2 Å². The van der Waals surface area contributed by atoms with Gasteiger partial charge in [-0.2, -0.15) is 0 Å². The predicted octanol–water partition coefficient (Wildman–Crippen LogP) is 0.795. The lowest BCUT2D eigenvalue weighted by molar-refractivity contribution is -0.121. The van der Waals surface area contributed by atoms with E-state index in [9.17, 15) is 14.4 Å². The number of aldehydes is 1. The van der Waals surface area contributed by atoms with Crippen LogP contribution >= 0.6 is 0 Å². The first-order valence-corrected chi connectivity index (χ1v) is 7.25. The highest BCUT2D eigenvalue weighted by Gasteiger charge is 1.99. The van der Waals surface area contributed by atoms with Crippen LogP contribution in [0.3, 0.4) is 0 Å². The van der Waals surface area contributed by atoms with Crippen LogP contribution < -0.4 is 10.6 Å². The number of rotatable bonds is 13. The van der Waals surface area contributed by atoms with E-state index in [4.69, 9.17) is 4.74 Å². The molecule has 0 saturated carbocycles. The first-order valence-electron chi connectivity index (χ1n) is 7.25. The van der Waals surface area contributed by atoms with E-state index in [1.165, 1.54) is 0 Å². The van der Waals surface area contributed by atoms with Gasteiger partial charge in [0.25, 0.3) is 0 Å². The fraction of sp³-hybridized carbons (Fsp3) is 0.786. The largest absolute Gasteiger partial charge is 0.381 e. The number of nitrogens with one attached hydrogen (secondary N) is 2. The summed E-state index contributed by atoms with van der Waals surface area (Å²) in [5.74, 6) is 0.0384. The second-order valence-corrected chi connectivity index (χ2v) is 4.43. The van der Waals surface area contributed by atoms with Gasteiger partial charge in [-0.3, -0.25) is 9.59 Å². The third kappa shape index (κ3) is 13.0. The standard InChI is InChI=1S/C14H26N2O4/c1-2-13(18)15-8-5-11-20-12-6-9-16-14(19)7-3-4-10-17/h10H,2-9,11-12H2,1H3,(H,15,18)(H,16,19). The molecule has 0 aromatic carbocycles. The van der Waals surface area contributed by atoms with Crippen LogP contribution in [0.25, 0.3) is 0 Å². The maximum atomic E-state index is 11.3. The zero-order chi connectivity index (χ0) is 15.1. The molecule has 2 amide bonds. The molecular formula is C14H26N2O4. The van der Waals surface area contributed by atoms with Crippen molar-refractivity contribution >= 4 is 18.1 Å². The van der Waals surface area contributed by atoms with Crippen molar-refractivity contribution in [3.63, 3.8) is 0 Å². The Morgan fingerprint density at radius 3 is 2.15 bits per heavy atom. The molecule has 0 fully saturated rings. The maximum absolute atomic E-state index is 11.3. The second kappa shape index (κ2) is 14.0. The molecule has 6 heteroatoms. The van der Waals surface area contributed by atoms with Crippen LogP contribution in [0.2, 0.25) is 0 Å². The van der Waals surface area contributed by atoms with E-state index in [2.05, 4.69) is 10.6 Å². The summed E-state index contributed by atoms with van der Waals surface area (Å²) in [5, 5.41) is 5.55. The topological polar surface area (TPSA) is 84.5 Å². The van der Waals surface area contributed by atoms with Crippen molar-refractivity contribution in [3.05, 3.63) is 0 Å². The van der Waals surface area contributed by atoms with Crippen LogP contribution in [0.5, 0.6) is 0 Å². The molecule has 0 saturated heterocycles. The Bertz CT molecular complexity index is 282. The van der Waals surface area contributed by atoms with Crippen molar-refractivity contribution in [2.45, 2.75) is 45.4 Å². The lowest BCUT2D eigenvalue weighted by atomic mass is 10.2. The van der Waals surface area contributed by atoms with Gasteiger partial charge in [-0.25, -0.2) is 0 Å². The zero-order valence-electron chi connectivity index (χ0n) is 12.3. The van der Waals surface area contributed by atoms with Gasteiger partial charge in [0.05, 0.1) is 0 Å². The van der Waals surface area contributed by atoms with Crippen molar-refractivity contribution in [2.75, 3.05) is 26.3 Å². The predicted molar refractivity (Wildman–Crippen MR) is 76.3 cm³/mol. The molecule has 0 aromatic heterocycles. The smallest absolute Gasteiger partial charge is 0.220 e. The Morgan fingerprint density at radius 2 is 1.60 bits per heavy atom. The Kier molecular flexibility index (Phi) is 13.0. The molecule has 0 bridgehead atoms. The molecular weight excluding hydrogens is 260 g/mol. The van der Waals surface area contributed by atoms with E-state index in [1.807, 2.05) is 6.92 Å². The number of unbranched alkanes of at least 4 members (excludes halogenated alkanes) is 1. The molecule has 0 unspecified atom stereocenters. The fourth-order valence-corrected chi connectivity index (χ4v) is 1.47. The highest BCUT2D eigenvalue weighted by Crippen LogP contribution is 1.92. The van der Waals surface area contributed by atoms with Crippen molar-refractivity contribution in [1.29, 1.82) is 0 Å². The molecule has 6 nitrogen and oxygen atoms in total. The molecule has 0 atom stereocenters. The van der Waals surface area contributed by atoms with Crippen molar-refractivity contribution in [3.8, 4) is 0 Å². The number of amides is 2. The minimum Gasteiger partial charge on any atom is -0.381 e. The second-order valence-electron chi connectivity index (χ2n) is 4.43. The first-order chi connectivity index (χ1) is 9.70. The Labute approximate surface area is 120 Å².